The Labute approximate surface area is 130 Å². The molecule has 114 valence electrons. The predicted octanol–water partition coefficient (Wildman–Crippen LogP) is 2.03. The molecule has 0 aliphatic heterocycles. The van der Waals surface area contributed by atoms with Gasteiger partial charge >= 0.3 is 5.97 Å². The summed E-state index contributed by atoms with van der Waals surface area (Å²) in [7, 11) is 1.29. The molecule has 0 spiro atoms. The molecule has 0 unspecified atom stereocenters. The SMILES string of the molecule is COC(=O)c1cnc(CC(=O)c2ccccc2COC=O)s1. The maximum Gasteiger partial charge on any atom is 0.349 e. The molecular weight excluding hydrogens is 306 g/mol. The summed E-state index contributed by atoms with van der Waals surface area (Å²) in [5.41, 5.74) is 1.10. The zero-order valence-electron chi connectivity index (χ0n) is 11.8. The monoisotopic (exact) mass is 319 g/mol. The van der Waals surface area contributed by atoms with Crippen molar-refractivity contribution < 1.29 is 23.9 Å². The van der Waals surface area contributed by atoms with Crippen LogP contribution in [0.3, 0.4) is 0 Å². The van der Waals surface area contributed by atoms with E-state index in [4.69, 9.17) is 4.74 Å². The van der Waals surface area contributed by atoms with Crippen molar-refractivity contribution in [2.45, 2.75) is 13.0 Å². The molecule has 0 fully saturated rings. The molecule has 0 atom stereocenters. The van der Waals surface area contributed by atoms with E-state index in [1.807, 2.05) is 0 Å². The number of Topliss-reactive ketones (excluding diaryl/α,β-unsaturated/α-hetero) is 1. The number of ether oxygens (including phenoxy) is 2. The topological polar surface area (TPSA) is 82.6 Å². The first-order valence-corrected chi connectivity index (χ1v) is 7.16. The quantitative estimate of drug-likeness (QED) is 0.441. The second kappa shape index (κ2) is 7.46. The van der Waals surface area contributed by atoms with Gasteiger partial charge in [-0.25, -0.2) is 9.78 Å². The Morgan fingerprint density at radius 1 is 1.32 bits per heavy atom. The number of hydrogen-bond acceptors (Lipinski definition) is 7. The number of methoxy groups -OCH3 is 1. The summed E-state index contributed by atoms with van der Waals surface area (Å²) in [6, 6.07) is 6.89. The first kappa shape index (κ1) is 15.8. The van der Waals surface area contributed by atoms with E-state index in [0.717, 1.165) is 11.3 Å². The van der Waals surface area contributed by atoms with Crippen LogP contribution in [0.4, 0.5) is 0 Å². The normalized spacial score (nSPS) is 10.0. The van der Waals surface area contributed by atoms with Crippen LogP contribution >= 0.6 is 11.3 Å². The summed E-state index contributed by atoms with van der Waals surface area (Å²) in [4.78, 5) is 38.4. The molecule has 7 heteroatoms. The Morgan fingerprint density at radius 3 is 2.82 bits per heavy atom. The van der Waals surface area contributed by atoms with Gasteiger partial charge in [0.05, 0.1) is 19.7 Å². The zero-order valence-corrected chi connectivity index (χ0v) is 12.6. The lowest BCUT2D eigenvalue weighted by Gasteiger charge is -2.06. The van der Waals surface area contributed by atoms with Crippen LogP contribution in [0.15, 0.2) is 30.5 Å². The molecule has 1 heterocycles. The number of carbonyl (C=O) groups is 3. The van der Waals surface area contributed by atoms with Gasteiger partial charge in [-0.3, -0.25) is 9.59 Å². The number of esters is 1. The highest BCUT2D eigenvalue weighted by Gasteiger charge is 2.16. The fourth-order valence-corrected chi connectivity index (χ4v) is 2.70. The highest BCUT2D eigenvalue weighted by atomic mass is 32.1. The third kappa shape index (κ3) is 3.76. The molecule has 0 bridgehead atoms. The van der Waals surface area contributed by atoms with Gasteiger partial charge in [0.1, 0.15) is 16.5 Å². The van der Waals surface area contributed by atoms with Crippen molar-refractivity contribution in [1.82, 2.24) is 4.98 Å². The molecule has 2 rings (SSSR count). The predicted molar refractivity (Wildman–Crippen MR) is 78.8 cm³/mol. The van der Waals surface area contributed by atoms with E-state index in [9.17, 15) is 14.4 Å². The number of thiazole rings is 1. The van der Waals surface area contributed by atoms with Crippen LogP contribution in [-0.4, -0.2) is 30.3 Å². The van der Waals surface area contributed by atoms with Crippen LogP contribution in [-0.2, 0) is 27.3 Å². The van der Waals surface area contributed by atoms with E-state index >= 15 is 0 Å². The number of nitrogens with zero attached hydrogens (tertiary/aromatic N) is 1. The Hall–Kier alpha value is -2.54. The smallest absolute Gasteiger partial charge is 0.349 e. The van der Waals surface area contributed by atoms with Gasteiger partial charge in [0.2, 0.25) is 0 Å². The first-order valence-electron chi connectivity index (χ1n) is 6.35. The van der Waals surface area contributed by atoms with Gasteiger partial charge in [0.15, 0.2) is 5.78 Å². The maximum absolute atomic E-state index is 12.4. The van der Waals surface area contributed by atoms with Crippen LogP contribution in [0.2, 0.25) is 0 Å². The van der Waals surface area contributed by atoms with Crippen molar-refractivity contribution >= 4 is 29.6 Å². The fourth-order valence-electron chi connectivity index (χ4n) is 1.86. The molecule has 0 amide bonds. The second-order valence-electron chi connectivity index (χ2n) is 4.27. The Bertz CT molecular complexity index is 695. The average molecular weight is 319 g/mol. The van der Waals surface area contributed by atoms with Crippen LogP contribution in [0.25, 0.3) is 0 Å². The van der Waals surface area contributed by atoms with Crippen LogP contribution in [0.1, 0.15) is 30.6 Å². The van der Waals surface area contributed by atoms with E-state index in [0.29, 0.717) is 27.5 Å². The van der Waals surface area contributed by atoms with Crippen molar-refractivity contribution in [2.24, 2.45) is 0 Å². The Kier molecular flexibility index (Phi) is 5.37. The molecule has 0 saturated carbocycles. The third-order valence-electron chi connectivity index (χ3n) is 2.88. The van der Waals surface area contributed by atoms with Crippen LogP contribution < -0.4 is 0 Å². The van der Waals surface area contributed by atoms with Crippen molar-refractivity contribution in [3.8, 4) is 0 Å². The summed E-state index contributed by atoms with van der Waals surface area (Å²) >= 11 is 1.12. The lowest BCUT2D eigenvalue weighted by molar-refractivity contribution is -0.129. The molecule has 22 heavy (non-hydrogen) atoms. The fraction of sp³-hybridized carbons (Fsp3) is 0.200. The first-order chi connectivity index (χ1) is 10.7. The summed E-state index contributed by atoms with van der Waals surface area (Å²) in [5, 5.41) is 0.525. The highest BCUT2D eigenvalue weighted by molar-refractivity contribution is 7.13. The van der Waals surface area contributed by atoms with Gasteiger partial charge in [0, 0.05) is 11.1 Å². The minimum atomic E-state index is -0.476. The van der Waals surface area contributed by atoms with Gasteiger partial charge < -0.3 is 9.47 Å². The summed E-state index contributed by atoms with van der Waals surface area (Å²) in [6.07, 6.45) is 1.46. The average Bonchev–Trinajstić information content (AvgIpc) is 3.00. The summed E-state index contributed by atoms with van der Waals surface area (Å²) in [6.45, 7) is 0.376. The Balaban J connectivity index is 2.13. The van der Waals surface area contributed by atoms with Crippen molar-refractivity contribution in [3.63, 3.8) is 0 Å². The van der Waals surface area contributed by atoms with Gasteiger partial charge in [0.25, 0.3) is 6.47 Å². The molecular formula is C15H13NO5S. The number of rotatable bonds is 7. The summed E-state index contributed by atoms with van der Waals surface area (Å²) in [5.74, 6) is -0.633. The molecule has 1 aromatic heterocycles. The van der Waals surface area contributed by atoms with Crippen molar-refractivity contribution in [1.29, 1.82) is 0 Å². The number of hydrogen-bond donors (Lipinski definition) is 0. The molecule has 0 N–H and O–H groups in total. The van der Waals surface area contributed by atoms with E-state index in [1.54, 1.807) is 24.3 Å². The molecule has 0 radical (unpaired) electrons. The molecule has 0 aliphatic rings. The lowest BCUT2D eigenvalue weighted by Crippen LogP contribution is -2.07. The van der Waals surface area contributed by atoms with Crippen molar-refractivity contribution in [2.75, 3.05) is 7.11 Å². The number of carbonyl (C=O) groups excluding carboxylic acids is 3. The maximum atomic E-state index is 12.4. The second-order valence-corrected chi connectivity index (χ2v) is 5.39. The van der Waals surface area contributed by atoms with E-state index in [-0.39, 0.29) is 18.8 Å². The van der Waals surface area contributed by atoms with E-state index in [1.165, 1.54) is 13.3 Å². The molecule has 6 nitrogen and oxygen atoms in total. The molecule has 0 aliphatic carbocycles. The van der Waals surface area contributed by atoms with Crippen LogP contribution in [0.5, 0.6) is 0 Å². The third-order valence-corrected chi connectivity index (χ3v) is 3.85. The standard InChI is InChI=1S/C15H13NO5S/c1-20-15(19)13-7-16-14(22-13)6-12(18)11-5-3-2-4-10(11)8-21-9-17/h2-5,7,9H,6,8H2,1H3. The van der Waals surface area contributed by atoms with E-state index in [2.05, 4.69) is 9.72 Å². The van der Waals surface area contributed by atoms with Crippen LogP contribution in [0, 0.1) is 0 Å². The lowest BCUT2D eigenvalue weighted by atomic mass is 10.0. The number of benzene rings is 1. The molecule has 0 saturated heterocycles. The van der Waals surface area contributed by atoms with Gasteiger partial charge in [-0.2, -0.15) is 0 Å². The highest BCUT2D eigenvalue weighted by Crippen LogP contribution is 2.18. The number of aromatic nitrogens is 1. The zero-order chi connectivity index (χ0) is 15.9. The van der Waals surface area contributed by atoms with E-state index < -0.39 is 5.97 Å². The van der Waals surface area contributed by atoms with Gasteiger partial charge in [-0.1, -0.05) is 24.3 Å². The summed E-state index contributed by atoms with van der Waals surface area (Å²) < 4.78 is 9.30. The van der Waals surface area contributed by atoms with Gasteiger partial charge in [-0.15, -0.1) is 11.3 Å². The minimum Gasteiger partial charge on any atom is -0.465 e. The minimum absolute atomic E-state index is 0.0384. The number of ketones is 1. The Morgan fingerprint density at radius 2 is 2.09 bits per heavy atom. The molecule has 2 aromatic rings. The molecule has 1 aromatic carbocycles. The largest absolute Gasteiger partial charge is 0.465 e. The van der Waals surface area contributed by atoms with Gasteiger partial charge in [-0.05, 0) is 0 Å². The van der Waals surface area contributed by atoms with Crippen molar-refractivity contribution in [3.05, 3.63) is 51.5 Å².